The first kappa shape index (κ1) is 22.3. The highest BCUT2D eigenvalue weighted by atomic mass is 35.5. The number of hydrogen-bond acceptors (Lipinski definition) is 4. The number of carbonyl (C=O) groups is 1. The third-order valence-corrected chi connectivity index (χ3v) is 5.47. The van der Waals surface area contributed by atoms with Crippen LogP contribution in [0.4, 0.5) is 5.69 Å². The Kier molecular flexibility index (Phi) is 7.57. The molecule has 2 rings (SSSR count). The molecule has 0 spiro atoms. The fourth-order valence-electron chi connectivity index (χ4n) is 2.60. The summed E-state index contributed by atoms with van der Waals surface area (Å²) in [5.74, 6) is 0.286. The van der Waals surface area contributed by atoms with Gasteiger partial charge in [0.25, 0.3) is 0 Å². The molecular weight excluding hydrogens is 423 g/mol. The van der Waals surface area contributed by atoms with E-state index in [4.69, 9.17) is 27.9 Å². The van der Waals surface area contributed by atoms with E-state index in [9.17, 15) is 13.2 Å². The van der Waals surface area contributed by atoms with Crippen LogP contribution in [0.2, 0.25) is 10.0 Å². The molecule has 0 bridgehead atoms. The van der Waals surface area contributed by atoms with E-state index >= 15 is 0 Å². The van der Waals surface area contributed by atoms with Gasteiger partial charge in [0, 0.05) is 10.0 Å². The average Bonchev–Trinajstić information content (AvgIpc) is 2.58. The summed E-state index contributed by atoms with van der Waals surface area (Å²) in [5.41, 5.74) is 1.09. The van der Waals surface area contributed by atoms with Crippen LogP contribution in [-0.2, 0) is 14.8 Å². The molecule has 0 aliphatic heterocycles. The number of nitrogens with one attached hydrogen (secondary N) is 1. The summed E-state index contributed by atoms with van der Waals surface area (Å²) >= 11 is 11.9. The number of halogens is 2. The minimum Gasteiger partial charge on any atom is -0.494 e. The maximum Gasteiger partial charge on any atom is 0.241 e. The summed E-state index contributed by atoms with van der Waals surface area (Å²) in [7, 11) is -3.72. The predicted molar refractivity (Wildman–Crippen MR) is 113 cm³/mol. The molecule has 6 nitrogen and oxygen atoms in total. The first-order chi connectivity index (χ1) is 13.1. The van der Waals surface area contributed by atoms with Crippen LogP contribution in [0.5, 0.6) is 5.75 Å². The van der Waals surface area contributed by atoms with Crippen LogP contribution in [0, 0.1) is 0 Å². The van der Waals surface area contributed by atoms with Crippen molar-refractivity contribution in [3.05, 3.63) is 58.1 Å². The zero-order chi connectivity index (χ0) is 20.9. The SMILES string of the molecule is CCOc1ccc([C@@H](C)NC(=O)CN(c2cc(Cl)cc(Cl)c2)S(C)(=O)=O)cc1. The van der Waals surface area contributed by atoms with Crippen molar-refractivity contribution in [3.8, 4) is 5.75 Å². The fourth-order valence-corrected chi connectivity index (χ4v) is 3.96. The molecule has 0 aliphatic rings. The number of amides is 1. The minimum atomic E-state index is -3.72. The van der Waals surface area contributed by atoms with Crippen LogP contribution in [0.1, 0.15) is 25.5 Å². The van der Waals surface area contributed by atoms with Gasteiger partial charge in [-0.3, -0.25) is 9.10 Å². The number of anilines is 1. The van der Waals surface area contributed by atoms with E-state index in [1.165, 1.54) is 18.2 Å². The molecule has 152 valence electrons. The Hall–Kier alpha value is -1.96. The largest absolute Gasteiger partial charge is 0.494 e. The highest BCUT2D eigenvalue weighted by molar-refractivity contribution is 7.92. The Bertz CT molecular complexity index is 913. The molecule has 0 saturated heterocycles. The quantitative estimate of drug-likeness (QED) is 0.666. The maximum atomic E-state index is 12.5. The normalized spacial score (nSPS) is 12.3. The monoisotopic (exact) mass is 444 g/mol. The highest BCUT2D eigenvalue weighted by Gasteiger charge is 2.22. The first-order valence-electron chi connectivity index (χ1n) is 8.56. The van der Waals surface area contributed by atoms with Gasteiger partial charge in [0.05, 0.1) is 24.6 Å². The second kappa shape index (κ2) is 9.49. The molecule has 0 saturated carbocycles. The lowest BCUT2D eigenvalue weighted by Crippen LogP contribution is -2.41. The number of nitrogens with zero attached hydrogens (tertiary/aromatic N) is 1. The molecule has 1 amide bonds. The molecule has 0 aromatic heterocycles. The molecule has 28 heavy (non-hydrogen) atoms. The van der Waals surface area contributed by atoms with Gasteiger partial charge in [-0.2, -0.15) is 0 Å². The lowest BCUT2D eigenvalue weighted by Gasteiger charge is -2.23. The number of hydrogen-bond donors (Lipinski definition) is 1. The summed E-state index contributed by atoms with van der Waals surface area (Å²) in [6.45, 7) is 3.89. The predicted octanol–water partition coefficient (Wildman–Crippen LogP) is 4.04. The van der Waals surface area contributed by atoms with E-state index in [-0.39, 0.29) is 21.8 Å². The molecule has 0 unspecified atom stereocenters. The van der Waals surface area contributed by atoms with Crippen molar-refractivity contribution in [2.24, 2.45) is 0 Å². The highest BCUT2D eigenvalue weighted by Crippen LogP contribution is 2.27. The first-order valence-corrected chi connectivity index (χ1v) is 11.2. The summed E-state index contributed by atoms with van der Waals surface area (Å²) in [4.78, 5) is 12.5. The van der Waals surface area contributed by atoms with E-state index in [2.05, 4.69) is 5.32 Å². The van der Waals surface area contributed by atoms with Crippen molar-refractivity contribution in [1.29, 1.82) is 0 Å². The molecule has 9 heteroatoms. The van der Waals surface area contributed by atoms with Gasteiger partial charge >= 0.3 is 0 Å². The second-order valence-electron chi connectivity index (χ2n) is 6.19. The number of sulfonamides is 1. The number of carbonyl (C=O) groups excluding carboxylic acids is 1. The van der Waals surface area contributed by atoms with Gasteiger partial charge in [-0.15, -0.1) is 0 Å². The maximum absolute atomic E-state index is 12.5. The third kappa shape index (κ3) is 6.29. The van der Waals surface area contributed by atoms with Crippen LogP contribution in [0.15, 0.2) is 42.5 Å². The fraction of sp³-hybridized carbons (Fsp3) is 0.316. The van der Waals surface area contributed by atoms with Crippen molar-refractivity contribution in [2.45, 2.75) is 19.9 Å². The minimum absolute atomic E-state index is 0.226. The van der Waals surface area contributed by atoms with Crippen LogP contribution >= 0.6 is 23.2 Å². The van der Waals surface area contributed by atoms with Gasteiger partial charge in [0.15, 0.2) is 0 Å². The summed E-state index contributed by atoms with van der Waals surface area (Å²) in [6, 6.07) is 11.4. The van der Waals surface area contributed by atoms with Gasteiger partial charge in [0.2, 0.25) is 15.9 Å². The molecule has 1 atom stereocenters. The van der Waals surface area contributed by atoms with Gasteiger partial charge in [-0.25, -0.2) is 8.42 Å². The molecule has 1 N–H and O–H groups in total. The molecule has 0 radical (unpaired) electrons. The summed E-state index contributed by atoms with van der Waals surface area (Å²) < 4.78 is 30.7. The van der Waals surface area contributed by atoms with Gasteiger partial charge in [-0.1, -0.05) is 35.3 Å². The Balaban J connectivity index is 2.13. The van der Waals surface area contributed by atoms with Crippen molar-refractivity contribution < 1.29 is 17.9 Å². The molecule has 0 heterocycles. The molecule has 2 aromatic carbocycles. The standard InChI is InChI=1S/C19H22Cl2N2O4S/c1-4-27-18-7-5-14(6-8-18)13(2)22-19(24)12-23(28(3,25)26)17-10-15(20)9-16(21)11-17/h5-11,13H,4,12H2,1-3H3,(H,22,24)/t13-/m1/s1. The van der Waals surface area contributed by atoms with Crippen LogP contribution < -0.4 is 14.4 Å². The number of rotatable bonds is 8. The van der Waals surface area contributed by atoms with E-state index in [1.807, 2.05) is 38.1 Å². The molecule has 2 aromatic rings. The van der Waals surface area contributed by atoms with E-state index in [0.29, 0.717) is 6.61 Å². The average molecular weight is 445 g/mol. The summed E-state index contributed by atoms with van der Waals surface area (Å²) in [5, 5.41) is 3.35. The van der Waals surface area contributed by atoms with Gasteiger partial charge in [-0.05, 0) is 49.7 Å². The molecular formula is C19H22Cl2N2O4S. The summed E-state index contributed by atoms with van der Waals surface area (Å²) in [6.07, 6.45) is 1.02. The van der Waals surface area contributed by atoms with Crippen LogP contribution in [0.3, 0.4) is 0 Å². The number of ether oxygens (including phenoxy) is 1. The topological polar surface area (TPSA) is 75.7 Å². The lowest BCUT2D eigenvalue weighted by molar-refractivity contribution is -0.120. The van der Waals surface area contributed by atoms with Gasteiger partial charge < -0.3 is 10.1 Å². The van der Waals surface area contributed by atoms with Crippen molar-refractivity contribution in [3.63, 3.8) is 0 Å². The third-order valence-electron chi connectivity index (χ3n) is 3.89. The lowest BCUT2D eigenvalue weighted by atomic mass is 10.1. The van der Waals surface area contributed by atoms with Crippen molar-refractivity contribution in [2.75, 3.05) is 23.7 Å². The van der Waals surface area contributed by atoms with Crippen LogP contribution in [-0.4, -0.2) is 33.7 Å². The van der Waals surface area contributed by atoms with Crippen molar-refractivity contribution >= 4 is 44.8 Å². The van der Waals surface area contributed by atoms with E-state index in [0.717, 1.165) is 21.9 Å². The molecule has 0 fully saturated rings. The Morgan fingerprint density at radius 2 is 1.71 bits per heavy atom. The Morgan fingerprint density at radius 3 is 2.21 bits per heavy atom. The zero-order valence-electron chi connectivity index (χ0n) is 15.8. The smallest absolute Gasteiger partial charge is 0.241 e. The second-order valence-corrected chi connectivity index (χ2v) is 8.97. The number of benzene rings is 2. The Morgan fingerprint density at radius 1 is 1.14 bits per heavy atom. The van der Waals surface area contributed by atoms with E-state index in [1.54, 1.807) is 0 Å². The Labute approximate surface area is 175 Å². The van der Waals surface area contributed by atoms with E-state index < -0.39 is 22.5 Å². The van der Waals surface area contributed by atoms with Crippen molar-refractivity contribution in [1.82, 2.24) is 5.32 Å². The van der Waals surface area contributed by atoms with Crippen LogP contribution in [0.25, 0.3) is 0 Å². The zero-order valence-corrected chi connectivity index (χ0v) is 18.1. The van der Waals surface area contributed by atoms with Gasteiger partial charge in [0.1, 0.15) is 12.3 Å². The molecule has 0 aliphatic carbocycles.